The van der Waals surface area contributed by atoms with Crippen LogP contribution in [0, 0.1) is 0 Å². The number of nitrogens with one attached hydrogen (secondary N) is 1. The van der Waals surface area contributed by atoms with Gasteiger partial charge >= 0.3 is 0 Å². The van der Waals surface area contributed by atoms with Crippen LogP contribution in [0.1, 0.15) is 0 Å². The molecule has 1 heterocycles. The van der Waals surface area contributed by atoms with Crippen LogP contribution in [0.25, 0.3) is 0 Å². The molecule has 0 aliphatic carbocycles. The van der Waals surface area contributed by atoms with Crippen LogP contribution in [0.3, 0.4) is 0 Å². The SMILES string of the molecule is COc1nc(NCC(N)=O)ncc1Br. The van der Waals surface area contributed by atoms with E-state index >= 15 is 0 Å². The lowest BCUT2D eigenvalue weighted by Gasteiger charge is -2.05. The highest BCUT2D eigenvalue weighted by molar-refractivity contribution is 9.10. The number of methoxy groups -OCH3 is 1. The molecule has 1 amide bonds. The van der Waals surface area contributed by atoms with Crippen LogP contribution in [0.4, 0.5) is 5.95 Å². The quantitative estimate of drug-likeness (QED) is 0.804. The number of primary amides is 1. The molecule has 0 saturated heterocycles. The number of carbonyl (C=O) groups is 1. The van der Waals surface area contributed by atoms with Gasteiger partial charge in [0.1, 0.15) is 0 Å². The maximum Gasteiger partial charge on any atom is 0.236 e. The number of aromatic nitrogens is 2. The van der Waals surface area contributed by atoms with Crippen LogP contribution in [0.15, 0.2) is 10.7 Å². The molecule has 1 rings (SSSR count). The zero-order valence-electron chi connectivity index (χ0n) is 7.45. The molecule has 14 heavy (non-hydrogen) atoms. The van der Waals surface area contributed by atoms with E-state index in [-0.39, 0.29) is 6.54 Å². The highest BCUT2D eigenvalue weighted by Crippen LogP contribution is 2.21. The molecule has 0 saturated carbocycles. The van der Waals surface area contributed by atoms with Gasteiger partial charge in [0, 0.05) is 0 Å². The summed E-state index contributed by atoms with van der Waals surface area (Å²) >= 11 is 3.20. The summed E-state index contributed by atoms with van der Waals surface area (Å²) in [7, 11) is 1.49. The summed E-state index contributed by atoms with van der Waals surface area (Å²) in [5, 5.41) is 2.65. The predicted octanol–water partition coefficient (Wildman–Crippen LogP) is 0.145. The summed E-state index contributed by atoms with van der Waals surface area (Å²) in [4.78, 5) is 18.3. The van der Waals surface area contributed by atoms with Gasteiger partial charge in [-0.1, -0.05) is 0 Å². The van der Waals surface area contributed by atoms with E-state index in [2.05, 4.69) is 31.2 Å². The first kappa shape index (κ1) is 10.7. The standard InChI is InChI=1S/C7H9BrN4O2/c1-14-6-4(8)2-10-7(12-6)11-3-5(9)13/h2H,3H2,1H3,(H2,9,13)(H,10,11,12). The molecular weight excluding hydrogens is 252 g/mol. The summed E-state index contributed by atoms with van der Waals surface area (Å²) in [6.45, 7) is -0.00914. The van der Waals surface area contributed by atoms with E-state index in [0.29, 0.717) is 16.3 Å². The molecule has 1 aromatic rings. The van der Waals surface area contributed by atoms with Crippen molar-refractivity contribution in [1.29, 1.82) is 0 Å². The molecular formula is C7H9BrN4O2. The molecule has 0 unspecified atom stereocenters. The van der Waals surface area contributed by atoms with E-state index in [9.17, 15) is 4.79 Å². The Labute approximate surface area is 89.0 Å². The lowest BCUT2D eigenvalue weighted by molar-refractivity contribution is -0.116. The average Bonchev–Trinajstić information content (AvgIpc) is 2.16. The summed E-state index contributed by atoms with van der Waals surface area (Å²) in [6.07, 6.45) is 1.52. The monoisotopic (exact) mass is 260 g/mol. The maximum absolute atomic E-state index is 10.5. The molecule has 0 atom stereocenters. The molecule has 0 aliphatic heterocycles. The number of amides is 1. The average molecular weight is 261 g/mol. The summed E-state index contributed by atoms with van der Waals surface area (Å²) < 4.78 is 5.58. The number of nitrogens with zero attached hydrogens (tertiary/aromatic N) is 2. The molecule has 7 heteroatoms. The molecule has 0 radical (unpaired) electrons. The second-order valence-corrected chi connectivity index (χ2v) is 3.23. The first-order valence-electron chi connectivity index (χ1n) is 3.72. The second-order valence-electron chi connectivity index (χ2n) is 2.37. The van der Waals surface area contributed by atoms with E-state index in [1.165, 1.54) is 13.3 Å². The van der Waals surface area contributed by atoms with Crippen LogP contribution in [-0.2, 0) is 4.79 Å². The van der Waals surface area contributed by atoms with Gasteiger partial charge in [-0.2, -0.15) is 4.98 Å². The van der Waals surface area contributed by atoms with Crippen molar-refractivity contribution in [2.45, 2.75) is 0 Å². The molecule has 1 aromatic heterocycles. The number of hydrogen-bond donors (Lipinski definition) is 2. The van der Waals surface area contributed by atoms with Crippen molar-refractivity contribution in [1.82, 2.24) is 9.97 Å². The number of ether oxygens (including phenoxy) is 1. The summed E-state index contributed by atoms with van der Waals surface area (Å²) in [5.41, 5.74) is 4.94. The Hall–Kier alpha value is -1.37. The topological polar surface area (TPSA) is 90.1 Å². The molecule has 0 spiro atoms. The number of halogens is 1. The Morgan fingerprint density at radius 3 is 3.07 bits per heavy atom. The first-order valence-corrected chi connectivity index (χ1v) is 4.51. The summed E-state index contributed by atoms with van der Waals surface area (Å²) in [6, 6.07) is 0. The maximum atomic E-state index is 10.5. The molecule has 0 fully saturated rings. The van der Waals surface area contributed by atoms with Gasteiger partial charge in [0.05, 0.1) is 24.3 Å². The minimum absolute atomic E-state index is 0.00914. The zero-order chi connectivity index (χ0) is 10.6. The lowest BCUT2D eigenvalue weighted by atomic mass is 10.6. The third-order valence-electron chi connectivity index (χ3n) is 1.33. The van der Waals surface area contributed by atoms with E-state index in [4.69, 9.17) is 10.5 Å². The van der Waals surface area contributed by atoms with Crippen molar-refractivity contribution in [2.75, 3.05) is 19.0 Å². The zero-order valence-corrected chi connectivity index (χ0v) is 9.04. The minimum atomic E-state index is -0.476. The van der Waals surface area contributed by atoms with Crippen LogP contribution < -0.4 is 15.8 Å². The van der Waals surface area contributed by atoms with Gasteiger partial charge in [-0.15, -0.1) is 0 Å². The van der Waals surface area contributed by atoms with Crippen molar-refractivity contribution < 1.29 is 9.53 Å². The number of carbonyl (C=O) groups excluding carboxylic acids is 1. The number of hydrogen-bond acceptors (Lipinski definition) is 5. The van der Waals surface area contributed by atoms with Crippen LogP contribution in [0.2, 0.25) is 0 Å². The highest BCUT2D eigenvalue weighted by atomic mass is 79.9. The smallest absolute Gasteiger partial charge is 0.236 e. The highest BCUT2D eigenvalue weighted by Gasteiger charge is 2.04. The van der Waals surface area contributed by atoms with E-state index in [0.717, 1.165) is 0 Å². The third-order valence-corrected chi connectivity index (χ3v) is 1.87. The van der Waals surface area contributed by atoms with Gasteiger partial charge in [0.2, 0.25) is 17.7 Å². The van der Waals surface area contributed by atoms with Gasteiger partial charge < -0.3 is 15.8 Å². The normalized spacial score (nSPS) is 9.57. The van der Waals surface area contributed by atoms with Crippen molar-refractivity contribution in [2.24, 2.45) is 5.73 Å². The van der Waals surface area contributed by atoms with Crippen molar-refractivity contribution in [3.8, 4) is 5.88 Å². The Morgan fingerprint density at radius 2 is 2.50 bits per heavy atom. The fourth-order valence-corrected chi connectivity index (χ4v) is 1.10. The Bertz CT molecular complexity index is 344. The first-order chi connectivity index (χ1) is 6.63. The van der Waals surface area contributed by atoms with Crippen LogP contribution in [0.5, 0.6) is 5.88 Å². The Kier molecular flexibility index (Phi) is 3.63. The largest absolute Gasteiger partial charge is 0.480 e. The number of nitrogens with two attached hydrogens (primary N) is 1. The minimum Gasteiger partial charge on any atom is -0.480 e. The fourth-order valence-electron chi connectivity index (χ4n) is 0.746. The number of rotatable bonds is 4. The Balaban J connectivity index is 2.74. The van der Waals surface area contributed by atoms with Gasteiger partial charge in [0.15, 0.2) is 0 Å². The molecule has 0 bridgehead atoms. The molecule has 76 valence electrons. The van der Waals surface area contributed by atoms with Crippen molar-refractivity contribution in [3.05, 3.63) is 10.7 Å². The predicted molar refractivity (Wildman–Crippen MR) is 54.0 cm³/mol. The molecule has 3 N–H and O–H groups in total. The molecule has 0 aromatic carbocycles. The van der Waals surface area contributed by atoms with Gasteiger partial charge in [0.25, 0.3) is 0 Å². The third kappa shape index (κ3) is 2.84. The van der Waals surface area contributed by atoms with Gasteiger partial charge in [-0.3, -0.25) is 4.79 Å². The van der Waals surface area contributed by atoms with E-state index in [1.807, 2.05) is 0 Å². The Morgan fingerprint density at radius 1 is 1.79 bits per heavy atom. The van der Waals surface area contributed by atoms with Crippen LogP contribution >= 0.6 is 15.9 Å². The fraction of sp³-hybridized carbons (Fsp3) is 0.286. The lowest BCUT2D eigenvalue weighted by Crippen LogP contribution is -2.22. The number of anilines is 1. The van der Waals surface area contributed by atoms with Gasteiger partial charge in [-0.25, -0.2) is 4.98 Å². The molecule has 0 aliphatic rings. The van der Waals surface area contributed by atoms with Crippen LogP contribution in [-0.4, -0.2) is 29.5 Å². The molecule has 6 nitrogen and oxygen atoms in total. The summed E-state index contributed by atoms with van der Waals surface area (Å²) in [5.74, 6) is 0.214. The van der Waals surface area contributed by atoms with Gasteiger partial charge in [-0.05, 0) is 15.9 Å². The second kappa shape index (κ2) is 4.75. The van der Waals surface area contributed by atoms with Crippen molar-refractivity contribution >= 4 is 27.8 Å². The van der Waals surface area contributed by atoms with E-state index in [1.54, 1.807) is 0 Å². The van der Waals surface area contributed by atoms with Crippen molar-refractivity contribution in [3.63, 3.8) is 0 Å². The van der Waals surface area contributed by atoms with E-state index < -0.39 is 5.91 Å².